The summed E-state index contributed by atoms with van der Waals surface area (Å²) in [6.07, 6.45) is 8.10. The highest BCUT2D eigenvalue weighted by molar-refractivity contribution is 6.35. The van der Waals surface area contributed by atoms with E-state index in [4.69, 9.17) is 83.3 Å². The van der Waals surface area contributed by atoms with Crippen LogP contribution < -0.4 is 31.4 Å². The molecule has 4 aromatic carbocycles. The molecule has 4 aromatic rings. The minimum atomic E-state index is -1.09. The zero-order chi connectivity index (χ0) is 44.1. The number of phenolic OH excluding ortho intramolecular Hbond substituents is 1. The van der Waals surface area contributed by atoms with Gasteiger partial charge in [0.25, 0.3) is 17.7 Å². The van der Waals surface area contributed by atoms with Crippen LogP contribution in [-0.4, -0.2) is 54.7 Å². The lowest BCUT2D eigenvalue weighted by Crippen LogP contribution is -2.15. The molecule has 4 rings (SSSR count). The SMILES string of the molecule is CCCCCCCCCOc1ccc(Cl)c(C(N)=O)c1F.COc1ccc(Cl)c(C(=O)O)c1.COc1ccc(Cl)c(C(N)=O)c1F.NC(=O)c1c(Cl)ccc(O)c1F. The number of ether oxygens (including phenoxy) is 3. The molecular formula is C39H42Cl4F3N3O9. The minimum Gasteiger partial charge on any atom is -0.505 e. The number of halogens is 7. The van der Waals surface area contributed by atoms with Crippen LogP contribution in [0.4, 0.5) is 13.2 Å². The molecule has 0 aliphatic rings. The molecule has 8 N–H and O–H groups in total. The van der Waals surface area contributed by atoms with E-state index in [1.165, 1.54) is 88.8 Å². The van der Waals surface area contributed by atoms with Crippen molar-refractivity contribution in [3.63, 3.8) is 0 Å². The highest BCUT2D eigenvalue weighted by Gasteiger charge is 2.19. The molecule has 0 radical (unpaired) electrons. The fourth-order valence-corrected chi connectivity index (χ4v) is 5.51. The van der Waals surface area contributed by atoms with E-state index in [1.54, 1.807) is 6.07 Å². The van der Waals surface area contributed by atoms with Gasteiger partial charge >= 0.3 is 5.97 Å². The van der Waals surface area contributed by atoms with Gasteiger partial charge in [0.15, 0.2) is 34.7 Å². The molecule has 0 saturated carbocycles. The van der Waals surface area contributed by atoms with E-state index in [2.05, 4.69) is 11.7 Å². The van der Waals surface area contributed by atoms with Crippen LogP contribution >= 0.6 is 46.4 Å². The standard InChI is InChI=1S/C16H23ClFNO2.C8H7ClFNO2.C8H7ClO3.C7H5ClFNO2/c1-2-3-4-5-6-7-8-11-21-13-10-9-12(17)14(15(13)18)16(19)20;1-13-5-3-2-4(9)6(7(5)10)8(11)12;1-12-5-2-3-7(9)6(4-5)8(10)11;8-3-1-2-4(11)6(9)5(3)7(10)12/h9-10H,2-8,11H2,1H3,(H2,19,20);2-3H,1H3,(H2,11,12);2-4H,1H3,(H,10,11);1-2,11H,(H2,10,12). The maximum atomic E-state index is 14.0. The van der Waals surface area contributed by atoms with Gasteiger partial charge in [0.05, 0.1) is 63.2 Å². The van der Waals surface area contributed by atoms with E-state index >= 15 is 0 Å². The molecule has 0 saturated heterocycles. The number of primary amides is 3. The van der Waals surface area contributed by atoms with Crippen molar-refractivity contribution in [2.24, 2.45) is 17.2 Å². The van der Waals surface area contributed by atoms with Gasteiger partial charge in [0.1, 0.15) is 5.75 Å². The summed E-state index contributed by atoms with van der Waals surface area (Å²) >= 11 is 22.4. The molecule has 0 fully saturated rings. The molecule has 0 spiro atoms. The summed E-state index contributed by atoms with van der Waals surface area (Å²) in [6.45, 7) is 2.61. The summed E-state index contributed by atoms with van der Waals surface area (Å²) in [5.41, 5.74) is 13.7. The number of carboxylic acid groups (broad SMARTS) is 1. The topological polar surface area (TPSA) is 214 Å². The van der Waals surface area contributed by atoms with E-state index in [1.807, 2.05) is 0 Å². The number of aromatic carboxylic acids is 1. The van der Waals surface area contributed by atoms with Crippen LogP contribution in [0.2, 0.25) is 20.1 Å². The molecule has 0 aliphatic carbocycles. The second-order valence-electron chi connectivity index (χ2n) is 11.6. The second kappa shape index (κ2) is 26.0. The third kappa shape index (κ3) is 16.0. The fourth-order valence-electron chi connectivity index (χ4n) is 4.59. The van der Waals surface area contributed by atoms with Crippen molar-refractivity contribution < 1.29 is 56.8 Å². The van der Waals surface area contributed by atoms with E-state index < -0.39 is 52.5 Å². The molecule has 3 amide bonds. The number of phenols is 1. The molecule has 0 aliphatic heterocycles. The summed E-state index contributed by atoms with van der Waals surface area (Å²) in [5.74, 6) is -6.76. The van der Waals surface area contributed by atoms with Gasteiger partial charge in [-0.3, -0.25) is 14.4 Å². The second-order valence-corrected chi connectivity index (χ2v) is 13.3. The summed E-state index contributed by atoms with van der Waals surface area (Å²) in [7, 11) is 2.76. The number of rotatable bonds is 15. The Kier molecular flexibility index (Phi) is 22.8. The van der Waals surface area contributed by atoms with Gasteiger partial charge in [0, 0.05) is 0 Å². The highest BCUT2D eigenvalue weighted by atomic mass is 35.5. The monoisotopic (exact) mass is 893 g/mol. The number of aromatic hydroxyl groups is 1. The molecule has 0 aromatic heterocycles. The van der Waals surface area contributed by atoms with Gasteiger partial charge in [-0.05, 0) is 61.0 Å². The van der Waals surface area contributed by atoms with Gasteiger partial charge < -0.3 is 41.6 Å². The molecule has 58 heavy (non-hydrogen) atoms. The van der Waals surface area contributed by atoms with Gasteiger partial charge in [-0.2, -0.15) is 0 Å². The number of hydrogen-bond donors (Lipinski definition) is 5. The third-order valence-electron chi connectivity index (χ3n) is 7.55. The quantitative estimate of drug-likeness (QED) is 0.0717. The number of nitrogens with two attached hydrogens (primary N) is 3. The number of hydrogen-bond acceptors (Lipinski definition) is 8. The van der Waals surface area contributed by atoms with Crippen LogP contribution in [0.5, 0.6) is 23.0 Å². The fraction of sp³-hybridized carbons (Fsp3) is 0.282. The van der Waals surface area contributed by atoms with E-state index in [-0.39, 0.29) is 48.3 Å². The Balaban J connectivity index is 0.000000400. The van der Waals surface area contributed by atoms with Gasteiger partial charge in [0.2, 0.25) is 0 Å². The first-order valence-corrected chi connectivity index (χ1v) is 18.6. The van der Waals surface area contributed by atoms with Crippen molar-refractivity contribution in [3.05, 3.63) is 114 Å². The largest absolute Gasteiger partial charge is 0.505 e. The van der Waals surface area contributed by atoms with Crippen LogP contribution in [0.25, 0.3) is 0 Å². The van der Waals surface area contributed by atoms with Crippen molar-refractivity contribution in [1.82, 2.24) is 0 Å². The molecule has 0 heterocycles. The van der Waals surface area contributed by atoms with E-state index in [9.17, 15) is 32.3 Å². The number of carboxylic acids is 1. The highest BCUT2D eigenvalue weighted by Crippen LogP contribution is 2.29. The summed E-state index contributed by atoms with van der Waals surface area (Å²) < 4.78 is 55.0. The average Bonchev–Trinajstić information content (AvgIpc) is 3.16. The molecule has 0 bridgehead atoms. The Morgan fingerprint density at radius 2 is 1.03 bits per heavy atom. The first-order valence-electron chi connectivity index (χ1n) is 17.1. The lowest BCUT2D eigenvalue weighted by atomic mass is 10.1. The Labute approximate surface area is 352 Å². The van der Waals surface area contributed by atoms with Gasteiger partial charge in [-0.15, -0.1) is 0 Å². The van der Waals surface area contributed by atoms with Crippen molar-refractivity contribution in [3.8, 4) is 23.0 Å². The summed E-state index contributed by atoms with van der Waals surface area (Å²) in [4.78, 5) is 43.0. The van der Waals surface area contributed by atoms with Crippen LogP contribution in [-0.2, 0) is 0 Å². The number of carbonyl (C=O) groups excluding carboxylic acids is 3. The summed E-state index contributed by atoms with van der Waals surface area (Å²) in [6, 6.07) is 12.2. The average molecular weight is 896 g/mol. The normalized spacial score (nSPS) is 10.0. The predicted molar refractivity (Wildman–Crippen MR) is 216 cm³/mol. The molecule has 316 valence electrons. The van der Waals surface area contributed by atoms with Crippen molar-refractivity contribution >= 4 is 70.1 Å². The van der Waals surface area contributed by atoms with Gasteiger partial charge in [-0.1, -0.05) is 91.9 Å². The summed E-state index contributed by atoms with van der Waals surface area (Å²) in [5, 5.41) is 17.6. The Morgan fingerprint density at radius 3 is 1.48 bits per heavy atom. The number of methoxy groups -OCH3 is 2. The van der Waals surface area contributed by atoms with Crippen LogP contribution in [0, 0.1) is 17.5 Å². The predicted octanol–water partition coefficient (Wildman–Crippen LogP) is 9.62. The molecule has 0 atom stereocenters. The molecular weight excluding hydrogens is 853 g/mol. The minimum absolute atomic E-state index is 0.00303. The van der Waals surface area contributed by atoms with Crippen molar-refractivity contribution in [1.29, 1.82) is 0 Å². The van der Waals surface area contributed by atoms with Crippen molar-refractivity contribution in [2.45, 2.75) is 51.9 Å². The number of unbranched alkanes of at least 4 members (excludes halogenated alkanes) is 6. The molecule has 19 heteroatoms. The molecule has 0 unspecified atom stereocenters. The smallest absolute Gasteiger partial charge is 0.337 e. The van der Waals surface area contributed by atoms with Gasteiger partial charge in [-0.25, -0.2) is 18.0 Å². The van der Waals surface area contributed by atoms with Crippen molar-refractivity contribution in [2.75, 3.05) is 20.8 Å². The first kappa shape index (κ1) is 50.9. The maximum Gasteiger partial charge on any atom is 0.337 e. The Hall–Kier alpha value is -5.09. The van der Waals surface area contributed by atoms with Crippen LogP contribution in [0.3, 0.4) is 0 Å². The number of carbonyl (C=O) groups is 4. The maximum absolute atomic E-state index is 14.0. The van der Waals surface area contributed by atoms with E-state index in [0.29, 0.717) is 12.4 Å². The van der Waals surface area contributed by atoms with Crippen LogP contribution in [0.15, 0.2) is 54.6 Å². The number of benzene rings is 4. The van der Waals surface area contributed by atoms with Crippen LogP contribution in [0.1, 0.15) is 93.3 Å². The lowest BCUT2D eigenvalue weighted by molar-refractivity contribution is 0.0695. The Bertz CT molecular complexity index is 2040. The zero-order valence-electron chi connectivity index (χ0n) is 31.5. The third-order valence-corrected chi connectivity index (χ3v) is 8.83. The van der Waals surface area contributed by atoms with E-state index in [0.717, 1.165) is 18.9 Å². The first-order chi connectivity index (χ1) is 27.3. The lowest BCUT2D eigenvalue weighted by Gasteiger charge is -2.10. The zero-order valence-corrected chi connectivity index (χ0v) is 34.5. The number of amides is 3. The Morgan fingerprint density at radius 1 is 0.603 bits per heavy atom. The molecule has 12 nitrogen and oxygen atoms in total.